The van der Waals surface area contributed by atoms with Crippen LogP contribution >= 0.6 is 0 Å². The zero-order valence-electron chi connectivity index (χ0n) is 15.6. The second-order valence-corrected chi connectivity index (χ2v) is 6.56. The molecule has 1 aromatic carbocycles. The first-order chi connectivity index (χ1) is 13.0. The van der Waals surface area contributed by atoms with Crippen LogP contribution in [0.1, 0.15) is 30.3 Å². The molecule has 3 rings (SSSR count). The summed E-state index contributed by atoms with van der Waals surface area (Å²) < 4.78 is 10.5. The number of piperidine rings is 1. The molecule has 2 N–H and O–H groups in total. The summed E-state index contributed by atoms with van der Waals surface area (Å²) in [5.74, 6) is -0.478. The maximum Gasteiger partial charge on any atom is 0.308 e. The van der Waals surface area contributed by atoms with Crippen molar-refractivity contribution < 1.29 is 24.2 Å². The third-order valence-electron chi connectivity index (χ3n) is 5.05. The van der Waals surface area contributed by atoms with Crippen molar-refractivity contribution in [2.45, 2.75) is 25.8 Å². The smallest absolute Gasteiger partial charge is 0.308 e. The number of carboxylic acid groups (broad SMARTS) is 1. The van der Waals surface area contributed by atoms with Crippen LogP contribution in [0.25, 0.3) is 11.3 Å². The topological polar surface area (TPSA) is 105 Å². The molecule has 1 aliphatic heterocycles. The number of amides is 1. The molecule has 0 radical (unpaired) electrons. The van der Waals surface area contributed by atoms with Gasteiger partial charge in [0.25, 0.3) is 5.91 Å². The Bertz CT molecular complexity index is 848. The lowest BCUT2D eigenvalue weighted by molar-refractivity contribution is -0.144. The summed E-state index contributed by atoms with van der Waals surface area (Å²) in [6.07, 6.45) is 1.25. The molecule has 8 heteroatoms. The van der Waals surface area contributed by atoms with E-state index in [1.54, 1.807) is 44.2 Å². The van der Waals surface area contributed by atoms with E-state index in [2.05, 4.69) is 10.2 Å². The number of H-pyrrole nitrogens is 1. The standard InChI is InChI=1S/C19H23N3O5/c1-11-13(19(24)25)5-4-8-22(11)18(23)15-10-14(20-21-15)12-6-7-16(26-2)17(9-12)27-3/h6-7,9-11,13H,4-5,8H2,1-3H3,(H,20,21)(H,24,25)/t11-,13-/m0/s1. The van der Waals surface area contributed by atoms with Crippen molar-refractivity contribution in [1.82, 2.24) is 15.1 Å². The van der Waals surface area contributed by atoms with Gasteiger partial charge in [0.1, 0.15) is 5.69 Å². The van der Waals surface area contributed by atoms with Crippen molar-refractivity contribution >= 4 is 11.9 Å². The van der Waals surface area contributed by atoms with Gasteiger partial charge in [-0.05, 0) is 44.0 Å². The molecular weight excluding hydrogens is 350 g/mol. The van der Waals surface area contributed by atoms with Crippen LogP contribution in [0.15, 0.2) is 24.3 Å². The molecule has 0 saturated carbocycles. The molecule has 0 aliphatic carbocycles. The molecule has 0 bridgehead atoms. The van der Waals surface area contributed by atoms with Gasteiger partial charge in [0.05, 0.1) is 25.8 Å². The molecule has 0 spiro atoms. The van der Waals surface area contributed by atoms with Gasteiger partial charge < -0.3 is 19.5 Å². The Morgan fingerprint density at radius 1 is 1.22 bits per heavy atom. The lowest BCUT2D eigenvalue weighted by atomic mass is 9.90. The molecule has 2 heterocycles. The number of aromatic nitrogens is 2. The number of carbonyl (C=O) groups is 2. The predicted octanol–water partition coefficient (Wildman–Crippen LogP) is 2.42. The van der Waals surface area contributed by atoms with Gasteiger partial charge in [0.15, 0.2) is 11.5 Å². The zero-order valence-corrected chi connectivity index (χ0v) is 15.6. The van der Waals surface area contributed by atoms with Crippen molar-refractivity contribution in [3.8, 4) is 22.8 Å². The van der Waals surface area contributed by atoms with Crippen molar-refractivity contribution in [1.29, 1.82) is 0 Å². The van der Waals surface area contributed by atoms with Crippen LogP contribution in [0, 0.1) is 5.92 Å². The summed E-state index contributed by atoms with van der Waals surface area (Å²) in [5, 5.41) is 16.3. The molecule has 1 amide bonds. The Kier molecular flexibility index (Phi) is 5.34. The minimum atomic E-state index is -0.865. The fraction of sp³-hybridized carbons (Fsp3) is 0.421. The van der Waals surface area contributed by atoms with E-state index in [9.17, 15) is 14.7 Å². The van der Waals surface area contributed by atoms with E-state index in [-0.39, 0.29) is 11.9 Å². The summed E-state index contributed by atoms with van der Waals surface area (Å²) in [5.41, 5.74) is 1.70. The number of hydrogen-bond donors (Lipinski definition) is 2. The van der Waals surface area contributed by atoms with Gasteiger partial charge in [-0.3, -0.25) is 14.7 Å². The third kappa shape index (κ3) is 3.60. The van der Waals surface area contributed by atoms with Crippen molar-refractivity contribution in [3.05, 3.63) is 30.0 Å². The highest BCUT2D eigenvalue weighted by atomic mass is 16.5. The predicted molar refractivity (Wildman–Crippen MR) is 98.0 cm³/mol. The molecule has 27 heavy (non-hydrogen) atoms. The minimum Gasteiger partial charge on any atom is -0.493 e. The SMILES string of the molecule is COc1ccc(-c2cc(C(=O)N3CCC[C@H](C(=O)O)[C@@H]3C)[nH]n2)cc1OC. The number of hydrogen-bond acceptors (Lipinski definition) is 5. The molecule has 1 aliphatic rings. The molecule has 144 valence electrons. The highest BCUT2D eigenvalue weighted by Crippen LogP contribution is 2.32. The summed E-state index contributed by atoms with van der Waals surface area (Å²) >= 11 is 0. The number of carbonyl (C=O) groups excluding carboxylic acids is 1. The number of likely N-dealkylation sites (tertiary alicyclic amines) is 1. The third-order valence-corrected chi connectivity index (χ3v) is 5.05. The Morgan fingerprint density at radius 3 is 2.63 bits per heavy atom. The minimum absolute atomic E-state index is 0.243. The van der Waals surface area contributed by atoms with Gasteiger partial charge in [0.2, 0.25) is 0 Å². The van der Waals surface area contributed by atoms with Crippen LogP contribution in [0.5, 0.6) is 11.5 Å². The van der Waals surface area contributed by atoms with Gasteiger partial charge in [0, 0.05) is 18.2 Å². The van der Waals surface area contributed by atoms with E-state index in [0.29, 0.717) is 42.3 Å². The van der Waals surface area contributed by atoms with E-state index in [1.165, 1.54) is 0 Å². The number of nitrogens with zero attached hydrogens (tertiary/aromatic N) is 2. The number of aliphatic carboxylic acids is 1. The van der Waals surface area contributed by atoms with E-state index < -0.39 is 11.9 Å². The largest absolute Gasteiger partial charge is 0.493 e. The second kappa shape index (κ2) is 7.69. The normalized spacial score (nSPS) is 19.6. The maximum atomic E-state index is 12.9. The van der Waals surface area contributed by atoms with E-state index in [1.807, 2.05) is 6.07 Å². The first-order valence-electron chi connectivity index (χ1n) is 8.77. The molecule has 8 nitrogen and oxygen atoms in total. The van der Waals surface area contributed by atoms with E-state index >= 15 is 0 Å². The number of rotatable bonds is 5. The van der Waals surface area contributed by atoms with Crippen LogP contribution in [0.4, 0.5) is 0 Å². The van der Waals surface area contributed by atoms with Crippen molar-refractivity contribution in [2.24, 2.45) is 5.92 Å². The van der Waals surface area contributed by atoms with Crippen LogP contribution in [-0.4, -0.2) is 58.9 Å². The first-order valence-corrected chi connectivity index (χ1v) is 8.77. The number of ether oxygens (including phenoxy) is 2. The summed E-state index contributed by atoms with van der Waals surface area (Å²) in [6, 6.07) is 6.69. The van der Waals surface area contributed by atoms with Crippen molar-refractivity contribution in [3.63, 3.8) is 0 Å². The lowest BCUT2D eigenvalue weighted by Gasteiger charge is -2.37. The summed E-state index contributed by atoms with van der Waals surface area (Å²) in [7, 11) is 3.12. The van der Waals surface area contributed by atoms with Crippen LogP contribution in [0.3, 0.4) is 0 Å². The summed E-state index contributed by atoms with van der Waals surface area (Å²) in [4.78, 5) is 25.9. The molecule has 2 aromatic rings. The summed E-state index contributed by atoms with van der Waals surface area (Å²) in [6.45, 7) is 2.32. The van der Waals surface area contributed by atoms with Crippen LogP contribution in [0.2, 0.25) is 0 Å². The number of carboxylic acids is 1. The molecule has 1 saturated heterocycles. The van der Waals surface area contributed by atoms with Gasteiger partial charge in [-0.2, -0.15) is 5.10 Å². The van der Waals surface area contributed by atoms with Gasteiger partial charge >= 0.3 is 5.97 Å². The molecule has 2 atom stereocenters. The zero-order chi connectivity index (χ0) is 19.6. The Hall–Kier alpha value is -3.03. The Labute approximate surface area is 157 Å². The second-order valence-electron chi connectivity index (χ2n) is 6.56. The monoisotopic (exact) mass is 373 g/mol. The maximum absolute atomic E-state index is 12.9. The highest BCUT2D eigenvalue weighted by molar-refractivity contribution is 5.94. The van der Waals surface area contributed by atoms with Crippen molar-refractivity contribution in [2.75, 3.05) is 20.8 Å². The quantitative estimate of drug-likeness (QED) is 0.834. The van der Waals surface area contributed by atoms with Crippen LogP contribution in [-0.2, 0) is 4.79 Å². The first kappa shape index (κ1) is 18.8. The van der Waals surface area contributed by atoms with Crippen LogP contribution < -0.4 is 9.47 Å². The van der Waals surface area contributed by atoms with Gasteiger partial charge in [-0.1, -0.05) is 0 Å². The van der Waals surface area contributed by atoms with E-state index in [4.69, 9.17) is 9.47 Å². The molecular formula is C19H23N3O5. The Balaban J connectivity index is 1.83. The van der Waals surface area contributed by atoms with E-state index in [0.717, 1.165) is 5.56 Å². The average Bonchev–Trinajstić information content (AvgIpc) is 3.17. The number of benzene rings is 1. The molecule has 1 fully saturated rings. The lowest BCUT2D eigenvalue weighted by Crippen LogP contribution is -2.49. The number of methoxy groups -OCH3 is 2. The highest BCUT2D eigenvalue weighted by Gasteiger charge is 2.36. The van der Waals surface area contributed by atoms with Gasteiger partial charge in [-0.15, -0.1) is 0 Å². The molecule has 0 unspecified atom stereocenters. The fourth-order valence-electron chi connectivity index (χ4n) is 3.49. The number of nitrogens with one attached hydrogen (secondary N) is 1. The number of aromatic amines is 1. The average molecular weight is 373 g/mol. The fourth-order valence-corrected chi connectivity index (χ4v) is 3.49. The van der Waals surface area contributed by atoms with Gasteiger partial charge in [-0.25, -0.2) is 0 Å². The molecule has 1 aromatic heterocycles. The Morgan fingerprint density at radius 2 is 1.96 bits per heavy atom.